The Bertz CT molecular complexity index is 676. The maximum atomic E-state index is 12.6. The van der Waals surface area contributed by atoms with Crippen molar-refractivity contribution in [2.45, 2.75) is 38.0 Å². The summed E-state index contributed by atoms with van der Waals surface area (Å²) in [5.41, 5.74) is 0.659. The molecule has 1 fully saturated rings. The molecular formula is C21H27NO3S. The van der Waals surface area contributed by atoms with Crippen LogP contribution in [0.15, 0.2) is 41.8 Å². The van der Waals surface area contributed by atoms with Crippen molar-refractivity contribution in [2.24, 2.45) is 0 Å². The van der Waals surface area contributed by atoms with E-state index in [2.05, 4.69) is 29.8 Å². The van der Waals surface area contributed by atoms with E-state index in [9.17, 15) is 4.79 Å². The van der Waals surface area contributed by atoms with Crippen LogP contribution in [0.5, 0.6) is 5.75 Å². The molecule has 1 aliphatic rings. The van der Waals surface area contributed by atoms with Crippen molar-refractivity contribution in [2.75, 3.05) is 26.4 Å². The van der Waals surface area contributed by atoms with Gasteiger partial charge in [0.05, 0.1) is 6.61 Å². The minimum Gasteiger partial charge on any atom is -0.494 e. The van der Waals surface area contributed by atoms with E-state index in [1.807, 2.05) is 24.3 Å². The Balaban J connectivity index is 1.60. The third kappa shape index (κ3) is 4.65. The summed E-state index contributed by atoms with van der Waals surface area (Å²) in [6.45, 7) is 4.99. The van der Waals surface area contributed by atoms with Gasteiger partial charge in [-0.25, -0.2) is 0 Å². The Hall–Kier alpha value is -1.85. The fourth-order valence-electron chi connectivity index (χ4n) is 3.24. The molecule has 0 saturated carbocycles. The zero-order valence-electron chi connectivity index (χ0n) is 15.3. The highest BCUT2D eigenvalue weighted by Crippen LogP contribution is 2.37. The number of nitrogens with one attached hydrogen (secondary N) is 1. The molecular weight excluding hydrogens is 346 g/mol. The van der Waals surface area contributed by atoms with Gasteiger partial charge in [-0.3, -0.25) is 4.79 Å². The van der Waals surface area contributed by atoms with E-state index in [4.69, 9.17) is 9.47 Å². The van der Waals surface area contributed by atoms with Gasteiger partial charge in [0, 0.05) is 35.6 Å². The highest BCUT2D eigenvalue weighted by Gasteiger charge is 2.35. The Kier molecular flexibility index (Phi) is 6.69. The van der Waals surface area contributed by atoms with E-state index < -0.39 is 0 Å². The summed E-state index contributed by atoms with van der Waals surface area (Å²) >= 11 is 1.76. The molecule has 1 aromatic heterocycles. The first-order chi connectivity index (χ1) is 12.7. The number of unbranched alkanes of at least 4 members (excludes halogenated alkanes) is 1. The predicted molar refractivity (Wildman–Crippen MR) is 105 cm³/mol. The second kappa shape index (κ2) is 9.19. The highest BCUT2D eigenvalue weighted by molar-refractivity contribution is 7.10. The highest BCUT2D eigenvalue weighted by atomic mass is 32.1. The zero-order chi connectivity index (χ0) is 18.2. The van der Waals surface area contributed by atoms with E-state index >= 15 is 0 Å². The molecule has 140 valence electrons. The van der Waals surface area contributed by atoms with Crippen molar-refractivity contribution >= 4 is 17.2 Å². The van der Waals surface area contributed by atoms with Crippen LogP contribution in [0.4, 0.5) is 0 Å². The molecule has 0 spiro atoms. The average molecular weight is 374 g/mol. The van der Waals surface area contributed by atoms with Crippen molar-refractivity contribution in [1.82, 2.24) is 5.32 Å². The third-order valence-corrected chi connectivity index (χ3v) is 6.08. The largest absolute Gasteiger partial charge is 0.494 e. The van der Waals surface area contributed by atoms with Crippen molar-refractivity contribution in [3.8, 4) is 5.75 Å². The number of rotatable bonds is 8. The number of hydrogen-bond acceptors (Lipinski definition) is 4. The van der Waals surface area contributed by atoms with Gasteiger partial charge in [0.25, 0.3) is 5.91 Å². The fraction of sp³-hybridized carbons (Fsp3) is 0.476. The van der Waals surface area contributed by atoms with E-state index in [0.29, 0.717) is 18.7 Å². The van der Waals surface area contributed by atoms with Crippen LogP contribution in [0.3, 0.4) is 0 Å². The topological polar surface area (TPSA) is 47.6 Å². The molecule has 5 heteroatoms. The quantitative estimate of drug-likeness (QED) is 0.698. The number of carbonyl (C=O) groups is 1. The van der Waals surface area contributed by atoms with Gasteiger partial charge in [0.2, 0.25) is 0 Å². The van der Waals surface area contributed by atoms with Crippen LogP contribution >= 0.6 is 11.3 Å². The number of thiophene rings is 1. The lowest BCUT2D eigenvalue weighted by atomic mass is 9.78. The van der Waals surface area contributed by atoms with Crippen molar-refractivity contribution in [3.63, 3.8) is 0 Å². The summed E-state index contributed by atoms with van der Waals surface area (Å²) in [5, 5.41) is 5.24. The Morgan fingerprint density at radius 3 is 2.65 bits per heavy atom. The van der Waals surface area contributed by atoms with E-state index in [-0.39, 0.29) is 11.3 Å². The number of benzene rings is 1. The third-order valence-electron chi connectivity index (χ3n) is 4.96. The number of amides is 1. The minimum atomic E-state index is -0.0347. The molecule has 4 nitrogen and oxygen atoms in total. The van der Waals surface area contributed by atoms with Gasteiger partial charge < -0.3 is 14.8 Å². The molecule has 1 N–H and O–H groups in total. The zero-order valence-corrected chi connectivity index (χ0v) is 16.1. The van der Waals surface area contributed by atoms with Crippen molar-refractivity contribution in [3.05, 3.63) is 52.2 Å². The smallest absolute Gasteiger partial charge is 0.251 e. The molecule has 1 amide bonds. The van der Waals surface area contributed by atoms with Crippen molar-refractivity contribution < 1.29 is 14.3 Å². The second-order valence-electron chi connectivity index (χ2n) is 6.78. The molecule has 1 saturated heterocycles. The van der Waals surface area contributed by atoms with Gasteiger partial charge in [0.15, 0.2) is 0 Å². The molecule has 0 radical (unpaired) electrons. The monoisotopic (exact) mass is 373 g/mol. The van der Waals surface area contributed by atoms with Crippen LogP contribution in [0.25, 0.3) is 0 Å². The lowest BCUT2D eigenvalue weighted by Gasteiger charge is -2.36. The van der Waals surface area contributed by atoms with E-state index in [1.165, 1.54) is 4.88 Å². The van der Waals surface area contributed by atoms with Crippen LogP contribution < -0.4 is 10.1 Å². The lowest BCUT2D eigenvalue weighted by molar-refractivity contribution is 0.0499. The number of hydrogen-bond donors (Lipinski definition) is 1. The first-order valence-corrected chi connectivity index (χ1v) is 10.2. The molecule has 0 bridgehead atoms. The molecule has 3 rings (SSSR count). The first-order valence-electron chi connectivity index (χ1n) is 9.36. The Morgan fingerprint density at radius 1 is 1.23 bits per heavy atom. The first kappa shape index (κ1) is 18.9. The summed E-state index contributed by atoms with van der Waals surface area (Å²) in [6.07, 6.45) is 4.03. The summed E-state index contributed by atoms with van der Waals surface area (Å²) in [7, 11) is 0. The SMILES string of the molecule is CCCCOc1ccc(C(=O)NCC2(c3cccs3)CCOCC2)cc1. The van der Waals surface area contributed by atoms with E-state index in [1.54, 1.807) is 11.3 Å². The number of ether oxygens (including phenoxy) is 2. The molecule has 0 atom stereocenters. The molecule has 1 aliphatic heterocycles. The predicted octanol–water partition coefficient (Wildman–Crippen LogP) is 4.41. The Morgan fingerprint density at radius 2 is 2.00 bits per heavy atom. The van der Waals surface area contributed by atoms with Gasteiger partial charge in [-0.05, 0) is 55.0 Å². The molecule has 0 unspecified atom stereocenters. The number of carbonyl (C=O) groups excluding carboxylic acids is 1. The maximum Gasteiger partial charge on any atom is 0.251 e. The van der Waals surface area contributed by atoms with Crippen LogP contribution in [-0.2, 0) is 10.2 Å². The van der Waals surface area contributed by atoms with Crippen LogP contribution in [-0.4, -0.2) is 32.3 Å². The van der Waals surface area contributed by atoms with Crippen molar-refractivity contribution in [1.29, 1.82) is 0 Å². The summed E-state index contributed by atoms with van der Waals surface area (Å²) in [4.78, 5) is 13.9. The molecule has 2 aromatic rings. The standard InChI is InChI=1S/C21H27NO3S/c1-2-3-12-25-18-8-6-17(7-9-18)20(23)22-16-21(10-13-24-14-11-21)19-5-4-15-26-19/h4-9,15H,2-3,10-14,16H2,1H3,(H,22,23). The molecule has 26 heavy (non-hydrogen) atoms. The molecule has 0 aliphatic carbocycles. The van der Waals surface area contributed by atoms with Gasteiger partial charge in [-0.1, -0.05) is 19.4 Å². The van der Waals surface area contributed by atoms with Crippen LogP contribution in [0, 0.1) is 0 Å². The summed E-state index contributed by atoms with van der Waals surface area (Å²) in [5.74, 6) is 0.780. The van der Waals surface area contributed by atoms with Crippen LogP contribution in [0.2, 0.25) is 0 Å². The normalized spacial score (nSPS) is 16.2. The molecule has 1 aromatic carbocycles. The van der Waals surface area contributed by atoms with Gasteiger partial charge in [-0.2, -0.15) is 0 Å². The minimum absolute atomic E-state index is 0.00865. The summed E-state index contributed by atoms with van der Waals surface area (Å²) < 4.78 is 11.2. The van der Waals surface area contributed by atoms with E-state index in [0.717, 1.165) is 44.6 Å². The fourth-order valence-corrected chi connectivity index (χ4v) is 4.23. The Labute approximate surface area is 159 Å². The van der Waals surface area contributed by atoms with Crippen LogP contribution in [0.1, 0.15) is 47.8 Å². The maximum absolute atomic E-state index is 12.6. The lowest BCUT2D eigenvalue weighted by Crippen LogP contribution is -2.44. The second-order valence-corrected chi connectivity index (χ2v) is 7.73. The average Bonchev–Trinajstić information content (AvgIpc) is 3.23. The summed E-state index contributed by atoms with van der Waals surface area (Å²) in [6, 6.07) is 11.7. The molecule has 2 heterocycles. The van der Waals surface area contributed by atoms with Gasteiger partial charge in [-0.15, -0.1) is 11.3 Å². The van der Waals surface area contributed by atoms with Gasteiger partial charge >= 0.3 is 0 Å². The van der Waals surface area contributed by atoms with Gasteiger partial charge in [0.1, 0.15) is 5.75 Å².